The van der Waals surface area contributed by atoms with E-state index in [0.29, 0.717) is 17.3 Å². The molecule has 0 aliphatic rings. The summed E-state index contributed by atoms with van der Waals surface area (Å²) in [5.74, 6) is 0.740. The minimum atomic E-state index is 0.152. The van der Waals surface area contributed by atoms with Crippen molar-refractivity contribution in [3.8, 4) is 0 Å². The molecule has 1 amide bonds. The minimum Gasteiger partial charge on any atom is -0.393 e. The molecule has 0 unspecified atom stereocenters. The van der Waals surface area contributed by atoms with Crippen molar-refractivity contribution in [2.75, 3.05) is 6.54 Å². The van der Waals surface area contributed by atoms with E-state index in [1.807, 2.05) is 0 Å². The molecule has 0 rings (SSSR count). The van der Waals surface area contributed by atoms with Gasteiger partial charge in [-0.15, -0.1) is 0 Å². The molecule has 0 aromatic carbocycles. The fourth-order valence-corrected chi connectivity index (χ4v) is 1.30. The van der Waals surface area contributed by atoms with Crippen LogP contribution in [0.25, 0.3) is 0 Å². The maximum atomic E-state index is 11.3. The highest BCUT2D eigenvalue weighted by Gasteiger charge is 2.02. The highest BCUT2D eigenvalue weighted by Crippen LogP contribution is 2.02. The van der Waals surface area contributed by atoms with Crippen LogP contribution in [0.1, 0.15) is 46.0 Å². The molecule has 0 radical (unpaired) electrons. The Morgan fingerprint density at radius 1 is 1.33 bits per heavy atom. The molecule has 0 heterocycles. The predicted octanol–water partition coefficient (Wildman–Crippen LogP) is 2.00. The fraction of sp³-hybridized carbons (Fsp3) is 0.818. The van der Waals surface area contributed by atoms with E-state index in [9.17, 15) is 4.79 Å². The Hall–Kier alpha value is -0.640. The molecular weight excluding hydrogens is 208 g/mol. The third-order valence-electron chi connectivity index (χ3n) is 2.12. The van der Waals surface area contributed by atoms with Crippen LogP contribution < -0.4 is 11.1 Å². The molecule has 0 fully saturated rings. The molecule has 0 bridgehead atoms. The summed E-state index contributed by atoms with van der Waals surface area (Å²) >= 11 is 4.76. The van der Waals surface area contributed by atoms with Gasteiger partial charge < -0.3 is 11.1 Å². The molecule has 88 valence electrons. The van der Waals surface area contributed by atoms with Gasteiger partial charge in [-0.3, -0.25) is 4.79 Å². The first-order chi connectivity index (χ1) is 7.02. The second kappa shape index (κ2) is 8.65. The van der Waals surface area contributed by atoms with Crippen molar-refractivity contribution >= 4 is 23.1 Å². The number of hydrogen-bond donors (Lipinski definition) is 2. The number of hydrogen-bond acceptors (Lipinski definition) is 2. The van der Waals surface area contributed by atoms with Crippen molar-refractivity contribution in [2.45, 2.75) is 46.0 Å². The van der Waals surface area contributed by atoms with Crippen molar-refractivity contribution in [3.05, 3.63) is 0 Å². The van der Waals surface area contributed by atoms with E-state index in [1.165, 1.54) is 0 Å². The van der Waals surface area contributed by atoms with Crippen molar-refractivity contribution in [1.29, 1.82) is 0 Å². The predicted molar refractivity (Wildman–Crippen MR) is 67.7 cm³/mol. The first-order valence-electron chi connectivity index (χ1n) is 5.57. The summed E-state index contributed by atoms with van der Waals surface area (Å²) < 4.78 is 0. The van der Waals surface area contributed by atoms with Crippen LogP contribution in [-0.2, 0) is 4.79 Å². The van der Waals surface area contributed by atoms with E-state index in [-0.39, 0.29) is 5.91 Å². The Bertz CT molecular complexity index is 205. The summed E-state index contributed by atoms with van der Waals surface area (Å²) in [7, 11) is 0. The Morgan fingerprint density at radius 2 is 2.00 bits per heavy atom. The van der Waals surface area contributed by atoms with Gasteiger partial charge in [-0.2, -0.15) is 0 Å². The Balaban J connectivity index is 3.28. The molecule has 3 N–H and O–H groups in total. The first-order valence-corrected chi connectivity index (χ1v) is 5.98. The number of amides is 1. The van der Waals surface area contributed by atoms with Crippen LogP contribution in [0.5, 0.6) is 0 Å². The molecular formula is C11H22N2OS. The highest BCUT2D eigenvalue weighted by atomic mass is 32.1. The molecule has 15 heavy (non-hydrogen) atoms. The lowest BCUT2D eigenvalue weighted by atomic mass is 10.1. The smallest absolute Gasteiger partial charge is 0.220 e. The third-order valence-corrected chi connectivity index (χ3v) is 2.32. The van der Waals surface area contributed by atoms with Gasteiger partial charge in [-0.1, -0.05) is 26.1 Å². The molecule has 3 nitrogen and oxygen atoms in total. The average Bonchev–Trinajstić information content (AvgIpc) is 2.13. The van der Waals surface area contributed by atoms with Gasteiger partial charge in [0.15, 0.2) is 0 Å². The summed E-state index contributed by atoms with van der Waals surface area (Å²) in [5.41, 5.74) is 5.36. The van der Waals surface area contributed by atoms with Crippen LogP contribution in [0.3, 0.4) is 0 Å². The zero-order valence-electron chi connectivity index (χ0n) is 9.71. The quantitative estimate of drug-likeness (QED) is 0.495. The summed E-state index contributed by atoms with van der Waals surface area (Å²) in [5, 5.41) is 2.89. The maximum Gasteiger partial charge on any atom is 0.220 e. The molecule has 4 heteroatoms. The van der Waals surface area contributed by atoms with E-state index in [0.717, 1.165) is 32.2 Å². The topological polar surface area (TPSA) is 55.1 Å². The number of nitrogens with one attached hydrogen (secondary N) is 1. The Labute approximate surface area is 97.8 Å². The van der Waals surface area contributed by atoms with E-state index in [4.69, 9.17) is 18.0 Å². The van der Waals surface area contributed by atoms with Gasteiger partial charge in [-0.25, -0.2) is 0 Å². The lowest BCUT2D eigenvalue weighted by Crippen LogP contribution is -2.24. The van der Waals surface area contributed by atoms with Crippen molar-refractivity contribution < 1.29 is 4.79 Å². The monoisotopic (exact) mass is 230 g/mol. The van der Waals surface area contributed by atoms with Crippen molar-refractivity contribution in [1.82, 2.24) is 5.32 Å². The summed E-state index contributed by atoms with van der Waals surface area (Å²) in [6.07, 6.45) is 4.27. The number of carbonyl (C=O) groups is 1. The number of unbranched alkanes of at least 4 members (excludes halogenated alkanes) is 1. The van der Waals surface area contributed by atoms with Gasteiger partial charge in [0.25, 0.3) is 0 Å². The number of rotatable bonds is 8. The molecule has 0 aromatic rings. The number of nitrogens with two attached hydrogens (primary N) is 1. The SMILES string of the molecule is CC(C)CCC(=O)NCCCCC(N)=S. The third kappa shape index (κ3) is 11.3. The van der Waals surface area contributed by atoms with E-state index in [1.54, 1.807) is 0 Å². The van der Waals surface area contributed by atoms with E-state index >= 15 is 0 Å². The van der Waals surface area contributed by atoms with Crippen LogP contribution in [0.4, 0.5) is 0 Å². The van der Waals surface area contributed by atoms with Crippen molar-refractivity contribution in [3.63, 3.8) is 0 Å². The molecule has 0 saturated carbocycles. The highest BCUT2D eigenvalue weighted by molar-refractivity contribution is 7.80. The van der Waals surface area contributed by atoms with Crippen LogP contribution in [0.15, 0.2) is 0 Å². The number of thiocarbonyl (C=S) groups is 1. The van der Waals surface area contributed by atoms with Crippen LogP contribution in [0.2, 0.25) is 0 Å². The average molecular weight is 230 g/mol. The standard InChI is InChI=1S/C11H22N2OS/c1-9(2)6-7-11(14)13-8-4-3-5-10(12)15/h9H,3-8H2,1-2H3,(H2,12,15)(H,13,14). The second-order valence-corrected chi connectivity index (χ2v) is 4.73. The fourth-order valence-electron chi connectivity index (χ4n) is 1.16. The summed E-state index contributed by atoms with van der Waals surface area (Å²) in [6, 6.07) is 0. The Kier molecular flexibility index (Phi) is 8.28. The van der Waals surface area contributed by atoms with Gasteiger partial charge in [0.2, 0.25) is 5.91 Å². The Morgan fingerprint density at radius 3 is 2.53 bits per heavy atom. The molecule has 0 spiro atoms. The van der Waals surface area contributed by atoms with E-state index in [2.05, 4.69) is 19.2 Å². The largest absolute Gasteiger partial charge is 0.393 e. The maximum absolute atomic E-state index is 11.3. The first kappa shape index (κ1) is 14.4. The van der Waals surface area contributed by atoms with Crippen molar-refractivity contribution in [2.24, 2.45) is 11.7 Å². The van der Waals surface area contributed by atoms with Gasteiger partial charge in [0.05, 0.1) is 4.99 Å². The minimum absolute atomic E-state index is 0.152. The normalized spacial score (nSPS) is 10.3. The number of carbonyl (C=O) groups excluding carboxylic acids is 1. The molecule has 0 saturated heterocycles. The van der Waals surface area contributed by atoms with Crippen LogP contribution >= 0.6 is 12.2 Å². The zero-order valence-corrected chi connectivity index (χ0v) is 10.5. The molecule has 0 aromatic heterocycles. The van der Waals surface area contributed by atoms with Gasteiger partial charge in [0, 0.05) is 13.0 Å². The lowest BCUT2D eigenvalue weighted by molar-refractivity contribution is -0.121. The zero-order chi connectivity index (χ0) is 11.7. The second-order valence-electron chi connectivity index (χ2n) is 4.21. The van der Waals surface area contributed by atoms with E-state index < -0.39 is 0 Å². The van der Waals surface area contributed by atoms with Gasteiger partial charge in [-0.05, 0) is 31.6 Å². The molecule has 0 aliphatic carbocycles. The van der Waals surface area contributed by atoms with Gasteiger partial charge >= 0.3 is 0 Å². The lowest BCUT2D eigenvalue weighted by Gasteiger charge is -2.06. The summed E-state index contributed by atoms with van der Waals surface area (Å²) in [4.78, 5) is 11.8. The van der Waals surface area contributed by atoms with Crippen LogP contribution in [0, 0.1) is 5.92 Å². The summed E-state index contributed by atoms with van der Waals surface area (Å²) in [6.45, 7) is 4.98. The molecule has 0 atom stereocenters. The molecule has 0 aliphatic heterocycles. The van der Waals surface area contributed by atoms with Gasteiger partial charge in [0.1, 0.15) is 0 Å². The van der Waals surface area contributed by atoms with Crippen LogP contribution in [-0.4, -0.2) is 17.4 Å².